The first-order valence-electron chi connectivity index (χ1n) is 8.40. The van der Waals surface area contributed by atoms with E-state index >= 15 is 0 Å². The number of unbranched alkanes of at least 4 members (excludes halogenated alkanes) is 1. The fourth-order valence-electron chi connectivity index (χ4n) is 1.92. The van der Waals surface area contributed by atoms with Crippen molar-refractivity contribution in [3.8, 4) is 5.88 Å². The molecule has 2 N–H and O–H groups in total. The van der Waals surface area contributed by atoms with Crippen LogP contribution in [0.4, 0.5) is 0 Å². The lowest BCUT2D eigenvalue weighted by molar-refractivity contribution is 0.129. The van der Waals surface area contributed by atoms with Crippen LogP contribution in [0.25, 0.3) is 0 Å². The molecule has 0 saturated heterocycles. The third kappa shape index (κ3) is 9.03. The van der Waals surface area contributed by atoms with Gasteiger partial charge in [-0.05, 0) is 31.4 Å². The second-order valence-corrected chi connectivity index (χ2v) is 5.11. The molecule has 130 valence electrons. The molecular weight excluding hydrogens is 292 g/mol. The Bertz CT molecular complexity index is 452. The van der Waals surface area contributed by atoms with E-state index < -0.39 is 0 Å². The Balaban J connectivity index is 2.22. The van der Waals surface area contributed by atoms with E-state index in [1.54, 1.807) is 13.2 Å². The van der Waals surface area contributed by atoms with Gasteiger partial charge in [-0.25, -0.2) is 4.98 Å². The summed E-state index contributed by atoms with van der Waals surface area (Å²) in [7, 11) is 1.77. The number of aliphatic imine (C=N–C) groups is 1. The number of rotatable bonds is 11. The number of ether oxygens (including phenoxy) is 2. The zero-order valence-electron chi connectivity index (χ0n) is 14.6. The Morgan fingerprint density at radius 1 is 1.22 bits per heavy atom. The molecular formula is C17H30N4O2. The van der Waals surface area contributed by atoms with Crippen LogP contribution in [0.15, 0.2) is 23.3 Å². The molecule has 0 aliphatic carbocycles. The third-order valence-electron chi connectivity index (χ3n) is 3.18. The van der Waals surface area contributed by atoms with Gasteiger partial charge in [0.2, 0.25) is 5.88 Å². The van der Waals surface area contributed by atoms with Crippen molar-refractivity contribution in [2.24, 2.45) is 4.99 Å². The molecule has 1 heterocycles. The van der Waals surface area contributed by atoms with Gasteiger partial charge >= 0.3 is 0 Å². The Labute approximate surface area is 139 Å². The van der Waals surface area contributed by atoms with Gasteiger partial charge in [-0.3, -0.25) is 4.99 Å². The summed E-state index contributed by atoms with van der Waals surface area (Å²) in [6, 6.07) is 3.90. The van der Waals surface area contributed by atoms with E-state index in [1.165, 1.54) is 6.42 Å². The largest absolute Gasteiger partial charge is 0.478 e. The zero-order valence-corrected chi connectivity index (χ0v) is 14.6. The molecule has 0 aliphatic rings. The molecule has 0 atom stereocenters. The summed E-state index contributed by atoms with van der Waals surface area (Å²) in [5.41, 5.74) is 1.11. The molecule has 6 nitrogen and oxygen atoms in total. The fraction of sp³-hybridized carbons (Fsp3) is 0.647. The minimum atomic E-state index is 0.618. The Morgan fingerprint density at radius 2 is 2.04 bits per heavy atom. The lowest BCUT2D eigenvalue weighted by Crippen LogP contribution is -2.37. The summed E-state index contributed by atoms with van der Waals surface area (Å²) in [5.74, 6) is 1.44. The monoisotopic (exact) mass is 322 g/mol. The van der Waals surface area contributed by atoms with E-state index in [0.717, 1.165) is 44.1 Å². The second kappa shape index (κ2) is 12.7. The topological polar surface area (TPSA) is 67.8 Å². The number of hydrogen-bond donors (Lipinski definition) is 2. The summed E-state index contributed by atoms with van der Waals surface area (Å²) >= 11 is 0. The molecule has 1 aromatic rings. The van der Waals surface area contributed by atoms with Crippen molar-refractivity contribution in [2.45, 2.75) is 39.7 Å². The summed E-state index contributed by atoms with van der Waals surface area (Å²) in [4.78, 5) is 8.37. The summed E-state index contributed by atoms with van der Waals surface area (Å²) in [5, 5.41) is 6.56. The highest BCUT2D eigenvalue weighted by Crippen LogP contribution is 2.08. The number of guanidine groups is 1. The van der Waals surface area contributed by atoms with Crippen LogP contribution < -0.4 is 15.4 Å². The van der Waals surface area contributed by atoms with Gasteiger partial charge in [-0.15, -0.1) is 0 Å². The molecule has 0 saturated carbocycles. The number of pyridine rings is 1. The van der Waals surface area contributed by atoms with Gasteiger partial charge in [0, 0.05) is 45.6 Å². The molecule has 0 spiro atoms. The highest BCUT2D eigenvalue weighted by atomic mass is 16.5. The number of nitrogens with zero attached hydrogens (tertiary/aromatic N) is 2. The molecule has 0 aromatic carbocycles. The summed E-state index contributed by atoms with van der Waals surface area (Å²) in [6.45, 7) is 7.89. The average Bonchev–Trinajstić information content (AvgIpc) is 2.57. The van der Waals surface area contributed by atoms with Crippen molar-refractivity contribution in [3.63, 3.8) is 0 Å². The smallest absolute Gasteiger partial charge is 0.213 e. The van der Waals surface area contributed by atoms with Gasteiger partial charge in [0.1, 0.15) is 0 Å². The van der Waals surface area contributed by atoms with Crippen LogP contribution in [-0.4, -0.2) is 44.4 Å². The predicted octanol–water partition coefficient (Wildman–Crippen LogP) is 2.35. The van der Waals surface area contributed by atoms with Crippen LogP contribution in [0.1, 0.15) is 38.7 Å². The molecule has 0 aliphatic heterocycles. The van der Waals surface area contributed by atoms with Crippen LogP contribution in [0, 0.1) is 0 Å². The Morgan fingerprint density at radius 3 is 2.78 bits per heavy atom. The predicted molar refractivity (Wildman–Crippen MR) is 94.0 cm³/mol. The van der Waals surface area contributed by atoms with Gasteiger partial charge in [0.05, 0.1) is 6.61 Å². The van der Waals surface area contributed by atoms with Gasteiger partial charge < -0.3 is 20.1 Å². The molecule has 1 rings (SSSR count). The lowest BCUT2D eigenvalue weighted by atomic mass is 10.2. The van der Waals surface area contributed by atoms with E-state index in [2.05, 4.69) is 27.5 Å². The van der Waals surface area contributed by atoms with Crippen molar-refractivity contribution in [1.82, 2.24) is 15.6 Å². The third-order valence-corrected chi connectivity index (χ3v) is 3.18. The maximum Gasteiger partial charge on any atom is 0.213 e. The highest BCUT2D eigenvalue weighted by molar-refractivity contribution is 5.79. The van der Waals surface area contributed by atoms with Gasteiger partial charge in [0.15, 0.2) is 5.96 Å². The van der Waals surface area contributed by atoms with Crippen LogP contribution in [-0.2, 0) is 11.3 Å². The van der Waals surface area contributed by atoms with Crippen molar-refractivity contribution in [2.75, 3.05) is 33.4 Å². The SMILES string of the molecule is CCCCOCCCNC(=NC)NCc1ccnc(OCC)c1. The molecule has 0 unspecified atom stereocenters. The first kappa shape index (κ1) is 19.2. The number of hydrogen-bond acceptors (Lipinski definition) is 4. The maximum atomic E-state index is 5.53. The van der Waals surface area contributed by atoms with Gasteiger partial charge in [-0.1, -0.05) is 13.3 Å². The van der Waals surface area contributed by atoms with Crippen LogP contribution in [0.2, 0.25) is 0 Å². The highest BCUT2D eigenvalue weighted by Gasteiger charge is 2.00. The van der Waals surface area contributed by atoms with Gasteiger partial charge in [-0.2, -0.15) is 0 Å². The molecule has 6 heteroatoms. The minimum Gasteiger partial charge on any atom is -0.478 e. The molecule has 0 amide bonds. The van der Waals surface area contributed by atoms with Crippen LogP contribution in [0.5, 0.6) is 5.88 Å². The quantitative estimate of drug-likeness (QED) is 0.372. The molecule has 0 fully saturated rings. The minimum absolute atomic E-state index is 0.618. The molecule has 0 radical (unpaired) electrons. The Kier molecular flexibility index (Phi) is 10.6. The van der Waals surface area contributed by atoms with Crippen LogP contribution >= 0.6 is 0 Å². The standard InChI is InChI=1S/C17H30N4O2/c1-4-6-11-22-12-7-9-20-17(18-3)21-14-15-8-10-19-16(13-15)23-5-2/h8,10,13H,4-7,9,11-12,14H2,1-3H3,(H2,18,20,21). The van der Waals surface area contributed by atoms with E-state index in [9.17, 15) is 0 Å². The van der Waals surface area contributed by atoms with Crippen LogP contribution in [0.3, 0.4) is 0 Å². The summed E-state index contributed by atoms with van der Waals surface area (Å²) < 4.78 is 10.9. The van der Waals surface area contributed by atoms with E-state index in [4.69, 9.17) is 9.47 Å². The maximum absolute atomic E-state index is 5.53. The van der Waals surface area contributed by atoms with E-state index in [-0.39, 0.29) is 0 Å². The molecule has 1 aromatic heterocycles. The van der Waals surface area contributed by atoms with Crippen molar-refractivity contribution in [1.29, 1.82) is 0 Å². The Hall–Kier alpha value is -1.82. The number of aromatic nitrogens is 1. The second-order valence-electron chi connectivity index (χ2n) is 5.11. The zero-order chi connectivity index (χ0) is 16.8. The van der Waals surface area contributed by atoms with Crippen molar-refractivity contribution in [3.05, 3.63) is 23.9 Å². The van der Waals surface area contributed by atoms with Crippen molar-refractivity contribution >= 4 is 5.96 Å². The average molecular weight is 322 g/mol. The van der Waals surface area contributed by atoms with Crippen molar-refractivity contribution < 1.29 is 9.47 Å². The fourth-order valence-corrected chi connectivity index (χ4v) is 1.92. The van der Waals surface area contributed by atoms with E-state index in [1.807, 2.05) is 19.1 Å². The summed E-state index contributed by atoms with van der Waals surface area (Å²) in [6.07, 6.45) is 5.03. The number of nitrogens with one attached hydrogen (secondary N) is 2. The molecule has 0 bridgehead atoms. The van der Waals surface area contributed by atoms with Gasteiger partial charge in [0.25, 0.3) is 0 Å². The normalized spacial score (nSPS) is 11.3. The first-order chi connectivity index (χ1) is 11.3. The van der Waals surface area contributed by atoms with E-state index in [0.29, 0.717) is 19.0 Å². The molecule has 23 heavy (non-hydrogen) atoms. The lowest BCUT2D eigenvalue weighted by Gasteiger charge is -2.12. The first-order valence-corrected chi connectivity index (χ1v) is 8.40.